The number of aromatic amines is 1. The molecular weight excluding hydrogens is 344 g/mol. The molecule has 7 nitrogen and oxygen atoms in total. The number of aryl methyl sites for hydroxylation is 1. The highest BCUT2D eigenvalue weighted by atomic mass is 35.5. The van der Waals surface area contributed by atoms with Crippen LogP contribution >= 0.6 is 11.6 Å². The first-order valence-electron chi connectivity index (χ1n) is 7.68. The molecule has 2 aromatic heterocycles. The van der Waals surface area contributed by atoms with Crippen LogP contribution in [-0.4, -0.2) is 19.3 Å². The number of nitrogens with one attached hydrogen (secondary N) is 1. The van der Waals surface area contributed by atoms with E-state index in [1.54, 1.807) is 13.1 Å². The van der Waals surface area contributed by atoms with Crippen LogP contribution < -0.4 is 16.0 Å². The van der Waals surface area contributed by atoms with Crippen LogP contribution in [0.25, 0.3) is 0 Å². The van der Waals surface area contributed by atoms with Gasteiger partial charge in [-0.15, -0.1) is 5.10 Å². The molecule has 0 radical (unpaired) electrons. The van der Waals surface area contributed by atoms with Crippen molar-refractivity contribution in [3.8, 4) is 11.8 Å². The van der Waals surface area contributed by atoms with Gasteiger partial charge in [-0.25, -0.2) is 4.79 Å². The normalized spacial score (nSPS) is 15.4. The Kier molecular flexibility index (Phi) is 3.36. The topological polar surface area (TPSA) is 81.9 Å². The molecule has 1 aromatic carbocycles. The highest BCUT2D eigenvalue weighted by molar-refractivity contribution is 6.30. The molecule has 1 N–H and O–H groups in total. The van der Waals surface area contributed by atoms with E-state index in [0.29, 0.717) is 16.5 Å². The van der Waals surface area contributed by atoms with Crippen molar-refractivity contribution in [2.75, 3.05) is 0 Å². The number of nitrogens with zero attached hydrogens (tertiary/aromatic N) is 3. The second-order valence-electron chi connectivity index (χ2n) is 6.08. The van der Waals surface area contributed by atoms with Crippen LogP contribution in [0.5, 0.6) is 11.8 Å². The van der Waals surface area contributed by atoms with Crippen molar-refractivity contribution in [1.82, 2.24) is 19.3 Å². The summed E-state index contributed by atoms with van der Waals surface area (Å²) in [6, 6.07) is 7.30. The summed E-state index contributed by atoms with van der Waals surface area (Å²) < 4.78 is 8.21. The molecule has 4 rings (SSSR count). The number of benzene rings is 1. The Bertz CT molecular complexity index is 1130. The zero-order chi connectivity index (χ0) is 17.9. The minimum absolute atomic E-state index is 0.206. The Balaban J connectivity index is 2.13. The second-order valence-corrected chi connectivity index (χ2v) is 6.52. The fourth-order valence-corrected chi connectivity index (χ4v) is 3.51. The van der Waals surface area contributed by atoms with Crippen molar-refractivity contribution in [2.45, 2.75) is 12.8 Å². The molecule has 25 heavy (non-hydrogen) atoms. The molecule has 1 atom stereocenters. The molecule has 3 aromatic rings. The molecular formula is C17H15ClN4O3. The number of hydrogen-bond donors (Lipinski definition) is 1. The van der Waals surface area contributed by atoms with Gasteiger partial charge in [0.1, 0.15) is 0 Å². The molecule has 0 saturated carbocycles. The lowest BCUT2D eigenvalue weighted by molar-refractivity contribution is 0.382. The molecule has 128 valence electrons. The lowest BCUT2D eigenvalue weighted by atomic mass is 9.84. The van der Waals surface area contributed by atoms with Gasteiger partial charge in [0.15, 0.2) is 0 Å². The van der Waals surface area contributed by atoms with E-state index >= 15 is 0 Å². The maximum atomic E-state index is 12.9. The molecule has 1 aliphatic rings. The molecule has 0 amide bonds. The van der Waals surface area contributed by atoms with E-state index in [1.807, 2.05) is 25.1 Å². The molecule has 0 saturated heterocycles. The quantitative estimate of drug-likeness (QED) is 0.564. The van der Waals surface area contributed by atoms with E-state index in [1.165, 1.54) is 11.6 Å². The summed E-state index contributed by atoms with van der Waals surface area (Å²) in [6.07, 6.45) is 0. The number of aromatic nitrogens is 4. The standard InChI is InChI=1S/C17H15ClN4O3/c1-8-11-12(9-5-4-6-10(18)7-9)13-15(23)21(2)17(24)22(3)16(13)25-14(11)20-19-8/h4-7,12H,1-3H3,(H,19,20). The van der Waals surface area contributed by atoms with Crippen LogP contribution in [0.4, 0.5) is 0 Å². The average Bonchev–Trinajstić information content (AvgIpc) is 2.97. The van der Waals surface area contributed by atoms with Crippen LogP contribution in [0.3, 0.4) is 0 Å². The minimum atomic E-state index is -0.454. The predicted octanol–water partition coefficient (Wildman–Crippen LogP) is 2.05. The number of H-pyrrole nitrogens is 1. The Morgan fingerprint density at radius 2 is 1.96 bits per heavy atom. The number of halogens is 1. The lowest BCUT2D eigenvalue weighted by Gasteiger charge is -2.27. The van der Waals surface area contributed by atoms with Gasteiger partial charge in [-0.05, 0) is 24.6 Å². The summed E-state index contributed by atoms with van der Waals surface area (Å²) in [6.45, 7) is 1.87. The summed E-state index contributed by atoms with van der Waals surface area (Å²) in [5.41, 5.74) is 1.94. The van der Waals surface area contributed by atoms with Gasteiger partial charge in [0.2, 0.25) is 11.8 Å². The highest BCUT2D eigenvalue weighted by Crippen LogP contribution is 2.45. The molecule has 0 aliphatic carbocycles. The fourth-order valence-electron chi connectivity index (χ4n) is 3.31. The van der Waals surface area contributed by atoms with E-state index in [2.05, 4.69) is 10.2 Å². The van der Waals surface area contributed by atoms with Gasteiger partial charge in [-0.3, -0.25) is 19.0 Å². The van der Waals surface area contributed by atoms with Crippen LogP contribution in [-0.2, 0) is 14.1 Å². The van der Waals surface area contributed by atoms with Gasteiger partial charge in [-0.1, -0.05) is 23.7 Å². The van der Waals surface area contributed by atoms with E-state index in [4.69, 9.17) is 16.3 Å². The molecule has 0 spiro atoms. The van der Waals surface area contributed by atoms with Gasteiger partial charge < -0.3 is 4.74 Å². The Hall–Kier alpha value is -2.80. The van der Waals surface area contributed by atoms with Crippen LogP contribution in [0.1, 0.15) is 28.3 Å². The lowest BCUT2D eigenvalue weighted by Crippen LogP contribution is -2.41. The minimum Gasteiger partial charge on any atom is -0.420 e. The Morgan fingerprint density at radius 1 is 1.20 bits per heavy atom. The first-order valence-corrected chi connectivity index (χ1v) is 8.06. The Morgan fingerprint density at radius 3 is 2.68 bits per heavy atom. The number of rotatable bonds is 1. The first-order chi connectivity index (χ1) is 11.9. The first kappa shape index (κ1) is 15.7. The van der Waals surface area contributed by atoms with Crippen molar-refractivity contribution in [1.29, 1.82) is 0 Å². The van der Waals surface area contributed by atoms with Gasteiger partial charge in [0.05, 0.1) is 11.5 Å². The molecule has 0 bridgehead atoms. The van der Waals surface area contributed by atoms with Crippen molar-refractivity contribution in [3.05, 3.63) is 72.5 Å². The maximum absolute atomic E-state index is 12.9. The average molecular weight is 359 g/mol. The zero-order valence-corrected chi connectivity index (χ0v) is 14.6. The summed E-state index contributed by atoms with van der Waals surface area (Å²) in [5.74, 6) is 0.136. The van der Waals surface area contributed by atoms with Crippen molar-refractivity contribution < 1.29 is 4.74 Å². The molecule has 1 unspecified atom stereocenters. The van der Waals surface area contributed by atoms with Gasteiger partial charge in [0.25, 0.3) is 5.56 Å². The van der Waals surface area contributed by atoms with E-state index in [-0.39, 0.29) is 5.88 Å². The summed E-state index contributed by atoms with van der Waals surface area (Å²) >= 11 is 6.17. The summed E-state index contributed by atoms with van der Waals surface area (Å²) in [4.78, 5) is 25.2. The smallest absolute Gasteiger partial charge is 0.333 e. The third-order valence-corrected chi connectivity index (χ3v) is 4.79. The molecule has 3 heterocycles. The van der Waals surface area contributed by atoms with E-state index in [0.717, 1.165) is 21.4 Å². The third kappa shape index (κ3) is 2.16. The van der Waals surface area contributed by atoms with E-state index < -0.39 is 17.2 Å². The molecule has 1 aliphatic heterocycles. The zero-order valence-electron chi connectivity index (χ0n) is 13.8. The fraction of sp³-hybridized carbons (Fsp3) is 0.235. The number of hydrogen-bond acceptors (Lipinski definition) is 4. The van der Waals surface area contributed by atoms with Gasteiger partial charge in [-0.2, -0.15) is 0 Å². The largest absolute Gasteiger partial charge is 0.420 e. The van der Waals surface area contributed by atoms with Crippen LogP contribution in [0.2, 0.25) is 5.02 Å². The van der Waals surface area contributed by atoms with Crippen molar-refractivity contribution >= 4 is 11.6 Å². The molecule has 0 fully saturated rings. The van der Waals surface area contributed by atoms with Gasteiger partial charge in [0, 0.05) is 30.4 Å². The summed E-state index contributed by atoms with van der Waals surface area (Å²) in [5, 5.41) is 7.63. The van der Waals surface area contributed by atoms with E-state index in [9.17, 15) is 9.59 Å². The second kappa shape index (κ2) is 5.35. The SMILES string of the molecule is Cc1[nH]nc2c1C(c1cccc(Cl)c1)c1c(n(C)c(=O)n(C)c1=O)O2. The summed E-state index contributed by atoms with van der Waals surface area (Å²) in [7, 11) is 3.03. The monoisotopic (exact) mass is 358 g/mol. The molecule has 8 heteroatoms. The van der Waals surface area contributed by atoms with Crippen molar-refractivity contribution in [2.24, 2.45) is 14.1 Å². The predicted molar refractivity (Wildman–Crippen MR) is 92.7 cm³/mol. The number of fused-ring (bicyclic) bond motifs is 2. The van der Waals surface area contributed by atoms with Gasteiger partial charge >= 0.3 is 5.69 Å². The maximum Gasteiger partial charge on any atom is 0.333 e. The third-order valence-electron chi connectivity index (χ3n) is 4.56. The van der Waals surface area contributed by atoms with Crippen LogP contribution in [0, 0.1) is 6.92 Å². The Labute approximate surface area is 147 Å². The highest BCUT2D eigenvalue weighted by Gasteiger charge is 2.37. The number of ether oxygens (including phenoxy) is 1. The van der Waals surface area contributed by atoms with Crippen molar-refractivity contribution in [3.63, 3.8) is 0 Å². The van der Waals surface area contributed by atoms with Crippen LogP contribution in [0.15, 0.2) is 33.9 Å².